The summed E-state index contributed by atoms with van der Waals surface area (Å²) in [6.07, 6.45) is 3.33. The van der Waals surface area contributed by atoms with Crippen LogP contribution in [-0.4, -0.2) is 15.9 Å². The number of halogens is 1. The second-order valence-corrected chi connectivity index (χ2v) is 8.64. The van der Waals surface area contributed by atoms with Crippen molar-refractivity contribution in [1.29, 1.82) is 0 Å². The van der Waals surface area contributed by atoms with Gasteiger partial charge in [0, 0.05) is 52.2 Å². The van der Waals surface area contributed by atoms with Crippen molar-refractivity contribution in [2.75, 3.05) is 10.2 Å². The summed E-state index contributed by atoms with van der Waals surface area (Å²) in [5.74, 6) is 0.896. The van der Waals surface area contributed by atoms with Crippen molar-refractivity contribution in [3.8, 4) is 11.5 Å². The Labute approximate surface area is 207 Å². The van der Waals surface area contributed by atoms with Crippen LogP contribution in [0.5, 0.6) is 11.5 Å². The lowest BCUT2D eigenvalue weighted by Crippen LogP contribution is -2.22. The third kappa shape index (κ3) is 4.11. The second-order valence-electron chi connectivity index (χ2n) is 8.64. The van der Waals surface area contributed by atoms with Gasteiger partial charge in [-0.25, -0.2) is 4.39 Å². The zero-order valence-electron chi connectivity index (χ0n) is 19.4. The largest absolute Gasteiger partial charge is 0.457 e. The van der Waals surface area contributed by atoms with Gasteiger partial charge < -0.3 is 15.0 Å². The highest BCUT2D eigenvalue weighted by Crippen LogP contribution is 2.34. The monoisotopic (exact) mass is 476 g/mol. The number of aryl methyl sites for hydroxylation is 1. The van der Waals surface area contributed by atoms with Crippen LogP contribution in [0.15, 0.2) is 91.3 Å². The van der Waals surface area contributed by atoms with Gasteiger partial charge >= 0.3 is 0 Å². The Hall–Kier alpha value is -4.78. The maximum Gasteiger partial charge on any atom is 0.259 e. The van der Waals surface area contributed by atoms with Gasteiger partial charge in [-0.2, -0.15) is 0 Å². The lowest BCUT2D eigenvalue weighted by atomic mass is 10.1. The summed E-state index contributed by atoms with van der Waals surface area (Å²) in [7, 11) is 0. The summed E-state index contributed by atoms with van der Waals surface area (Å²) in [5, 5.41) is 4.03. The van der Waals surface area contributed by atoms with Crippen molar-refractivity contribution in [1.82, 2.24) is 9.97 Å². The predicted molar refractivity (Wildman–Crippen MR) is 137 cm³/mol. The first-order chi connectivity index (χ1) is 17.5. The summed E-state index contributed by atoms with van der Waals surface area (Å²) >= 11 is 0. The number of ether oxygens (including phenoxy) is 1. The Kier molecular flexibility index (Phi) is 5.30. The Bertz CT molecular complexity index is 1620. The molecule has 6 nitrogen and oxygen atoms in total. The molecule has 7 heteroatoms. The number of nitrogens with zero attached hydrogens (tertiary/aromatic N) is 3. The van der Waals surface area contributed by atoms with Crippen molar-refractivity contribution in [2.24, 2.45) is 0 Å². The molecule has 0 bridgehead atoms. The van der Waals surface area contributed by atoms with Crippen LogP contribution in [0.3, 0.4) is 0 Å². The average molecular weight is 477 g/mol. The first-order valence-electron chi connectivity index (χ1n) is 11.5. The zero-order valence-corrected chi connectivity index (χ0v) is 19.4. The number of benzene rings is 3. The molecule has 0 aliphatic carbocycles. The van der Waals surface area contributed by atoms with Gasteiger partial charge in [-0.3, -0.25) is 14.8 Å². The van der Waals surface area contributed by atoms with Crippen molar-refractivity contribution in [3.05, 3.63) is 114 Å². The van der Waals surface area contributed by atoms with Gasteiger partial charge in [0.2, 0.25) is 0 Å². The Morgan fingerprint density at radius 3 is 2.67 bits per heavy atom. The second kappa shape index (κ2) is 8.78. The van der Waals surface area contributed by atoms with Crippen molar-refractivity contribution in [3.63, 3.8) is 0 Å². The Balaban J connectivity index is 1.27. The summed E-state index contributed by atoms with van der Waals surface area (Å²) in [6, 6.07) is 23.1. The molecular weight excluding hydrogens is 455 g/mol. The number of aromatic nitrogens is 2. The normalized spacial score (nSPS) is 12.6. The highest BCUT2D eigenvalue weighted by molar-refractivity contribution is 6.10. The van der Waals surface area contributed by atoms with Crippen LogP contribution in [-0.2, 0) is 6.54 Å². The van der Waals surface area contributed by atoms with Gasteiger partial charge in [0.05, 0.1) is 12.1 Å². The third-order valence-corrected chi connectivity index (χ3v) is 6.11. The van der Waals surface area contributed by atoms with Crippen LogP contribution in [0.25, 0.3) is 10.9 Å². The molecule has 0 fully saturated rings. The van der Waals surface area contributed by atoms with E-state index in [9.17, 15) is 9.18 Å². The van der Waals surface area contributed by atoms with E-state index in [1.54, 1.807) is 35.5 Å². The van der Waals surface area contributed by atoms with Crippen molar-refractivity contribution >= 4 is 33.9 Å². The van der Waals surface area contributed by atoms with Crippen LogP contribution in [0.2, 0.25) is 0 Å². The minimum absolute atomic E-state index is 0.0866. The SMILES string of the molecule is Cc1cc(Nc2ccc3c(c2)C(=O)N(c2cccc(Oc4ccncc4)c2)C3)c2cc(F)ccc2n1. The lowest BCUT2D eigenvalue weighted by molar-refractivity contribution is 0.0996. The number of rotatable bonds is 5. The van der Waals surface area contributed by atoms with E-state index in [1.165, 1.54) is 12.1 Å². The van der Waals surface area contributed by atoms with Gasteiger partial charge in [-0.05, 0) is 73.2 Å². The molecule has 5 aromatic rings. The molecule has 2 aromatic heterocycles. The Morgan fingerprint density at radius 1 is 0.944 bits per heavy atom. The van der Waals surface area contributed by atoms with E-state index in [4.69, 9.17) is 4.74 Å². The number of anilines is 3. The topological polar surface area (TPSA) is 67.4 Å². The van der Waals surface area contributed by atoms with Crippen LogP contribution < -0.4 is 15.0 Å². The molecule has 3 aromatic carbocycles. The summed E-state index contributed by atoms with van der Waals surface area (Å²) < 4.78 is 19.8. The van der Waals surface area contributed by atoms with E-state index in [1.807, 2.05) is 55.5 Å². The maximum atomic E-state index is 13.9. The number of pyridine rings is 2. The molecular formula is C29H21FN4O2. The molecule has 176 valence electrons. The quantitative estimate of drug-likeness (QED) is 0.303. The first kappa shape index (κ1) is 21.7. The number of amides is 1. The number of hydrogen-bond donors (Lipinski definition) is 1. The average Bonchev–Trinajstić information content (AvgIpc) is 3.21. The molecule has 6 rings (SSSR count). The van der Waals surface area contributed by atoms with Gasteiger partial charge in [0.25, 0.3) is 5.91 Å². The molecule has 1 aliphatic heterocycles. The fourth-order valence-corrected chi connectivity index (χ4v) is 4.43. The van der Waals surface area contributed by atoms with E-state index in [0.717, 1.165) is 28.3 Å². The molecule has 0 unspecified atom stereocenters. The fraction of sp³-hybridized carbons (Fsp3) is 0.0690. The van der Waals surface area contributed by atoms with Gasteiger partial charge in [-0.1, -0.05) is 12.1 Å². The van der Waals surface area contributed by atoms with Crippen LogP contribution in [0.1, 0.15) is 21.6 Å². The van der Waals surface area contributed by atoms with E-state index in [-0.39, 0.29) is 11.7 Å². The van der Waals surface area contributed by atoms with Gasteiger partial charge in [-0.15, -0.1) is 0 Å². The maximum absolute atomic E-state index is 13.9. The van der Waals surface area contributed by atoms with Crippen molar-refractivity contribution in [2.45, 2.75) is 13.5 Å². The molecule has 0 saturated heterocycles. The first-order valence-corrected chi connectivity index (χ1v) is 11.5. The highest BCUT2D eigenvalue weighted by atomic mass is 19.1. The molecule has 0 radical (unpaired) electrons. The van der Waals surface area contributed by atoms with Crippen LogP contribution in [0, 0.1) is 12.7 Å². The van der Waals surface area contributed by atoms with Crippen molar-refractivity contribution < 1.29 is 13.9 Å². The van der Waals surface area contributed by atoms with Crippen LogP contribution >= 0.6 is 0 Å². The lowest BCUT2D eigenvalue weighted by Gasteiger charge is -2.17. The smallest absolute Gasteiger partial charge is 0.259 e. The zero-order chi connectivity index (χ0) is 24.6. The van der Waals surface area contributed by atoms with E-state index >= 15 is 0 Å². The number of carbonyl (C=O) groups excluding carboxylic acids is 1. The number of carbonyl (C=O) groups is 1. The number of nitrogens with one attached hydrogen (secondary N) is 1. The van der Waals surface area contributed by atoms with E-state index in [2.05, 4.69) is 15.3 Å². The van der Waals surface area contributed by atoms with Crippen LogP contribution in [0.4, 0.5) is 21.5 Å². The fourth-order valence-electron chi connectivity index (χ4n) is 4.43. The minimum atomic E-state index is -0.328. The standard InChI is InChI=1S/C29H21FN4O2/c1-18-13-28(26-14-20(30)6-8-27(26)32-18)33-21-7-5-19-17-34(29(35)25(19)15-21)22-3-2-4-24(16-22)36-23-9-11-31-12-10-23/h2-16H,17H2,1H3,(H,32,33). The minimum Gasteiger partial charge on any atom is -0.457 e. The van der Waals surface area contributed by atoms with Gasteiger partial charge in [0.1, 0.15) is 17.3 Å². The van der Waals surface area contributed by atoms with Gasteiger partial charge in [0.15, 0.2) is 0 Å². The Morgan fingerprint density at radius 2 is 1.81 bits per heavy atom. The molecule has 1 N–H and O–H groups in total. The molecule has 0 saturated carbocycles. The molecule has 1 aliphatic rings. The summed E-state index contributed by atoms with van der Waals surface area (Å²) in [6.45, 7) is 2.36. The molecule has 0 atom stereocenters. The third-order valence-electron chi connectivity index (χ3n) is 6.11. The highest BCUT2D eigenvalue weighted by Gasteiger charge is 2.29. The number of hydrogen-bond acceptors (Lipinski definition) is 5. The summed E-state index contributed by atoms with van der Waals surface area (Å²) in [5.41, 5.74) is 5.32. The molecule has 36 heavy (non-hydrogen) atoms. The predicted octanol–water partition coefficient (Wildman–Crippen LogP) is 6.77. The summed E-state index contributed by atoms with van der Waals surface area (Å²) in [4.78, 5) is 23.6. The van der Waals surface area contributed by atoms with E-state index in [0.29, 0.717) is 34.5 Å². The molecule has 3 heterocycles. The molecule has 1 amide bonds. The van der Waals surface area contributed by atoms with E-state index < -0.39 is 0 Å². The molecule has 0 spiro atoms. The number of fused-ring (bicyclic) bond motifs is 2.